The van der Waals surface area contributed by atoms with Crippen LogP contribution in [0.2, 0.25) is 0 Å². The van der Waals surface area contributed by atoms with E-state index >= 15 is 0 Å². The maximum atomic E-state index is 13.3. The van der Waals surface area contributed by atoms with Crippen molar-refractivity contribution in [1.29, 1.82) is 0 Å². The summed E-state index contributed by atoms with van der Waals surface area (Å²) in [5, 5.41) is 2.96. The molecule has 2 aromatic rings. The first-order chi connectivity index (χ1) is 9.20. The molecule has 1 fully saturated rings. The van der Waals surface area contributed by atoms with Crippen molar-refractivity contribution in [3.63, 3.8) is 0 Å². The van der Waals surface area contributed by atoms with Gasteiger partial charge in [-0.1, -0.05) is 18.2 Å². The number of carbonyl (C=O) groups excluding carboxylic acids is 1. The van der Waals surface area contributed by atoms with Gasteiger partial charge in [0.25, 0.3) is 5.91 Å². The van der Waals surface area contributed by atoms with E-state index in [1.165, 1.54) is 12.1 Å². The minimum Gasteiger partial charge on any atom is -0.341 e. The molecule has 1 saturated carbocycles. The summed E-state index contributed by atoms with van der Waals surface area (Å²) in [6.45, 7) is 0. The monoisotopic (exact) mass is 256 g/mol. The molecule has 0 bridgehead atoms. The van der Waals surface area contributed by atoms with Gasteiger partial charge in [-0.3, -0.25) is 9.78 Å². The van der Waals surface area contributed by atoms with Gasteiger partial charge in [-0.15, -0.1) is 0 Å². The van der Waals surface area contributed by atoms with E-state index in [9.17, 15) is 9.18 Å². The lowest BCUT2D eigenvalue weighted by Gasteiger charge is -2.17. The molecule has 19 heavy (non-hydrogen) atoms. The SMILES string of the molecule is O=C(NC1(c2cccc(F)c2)CC1)c1ccccn1. The van der Waals surface area contributed by atoms with Crippen LogP contribution in [-0.4, -0.2) is 10.9 Å². The number of hydrogen-bond acceptors (Lipinski definition) is 2. The molecular weight excluding hydrogens is 243 g/mol. The first-order valence-corrected chi connectivity index (χ1v) is 6.19. The van der Waals surface area contributed by atoms with E-state index in [0.717, 1.165) is 18.4 Å². The average molecular weight is 256 g/mol. The second-order valence-corrected chi connectivity index (χ2v) is 4.76. The smallest absolute Gasteiger partial charge is 0.270 e. The Labute approximate surface area is 110 Å². The van der Waals surface area contributed by atoms with Gasteiger partial charge in [0.05, 0.1) is 5.54 Å². The Hall–Kier alpha value is -2.23. The van der Waals surface area contributed by atoms with Crippen molar-refractivity contribution in [1.82, 2.24) is 10.3 Å². The normalized spacial score (nSPS) is 15.8. The van der Waals surface area contributed by atoms with Crippen molar-refractivity contribution in [2.24, 2.45) is 0 Å². The van der Waals surface area contributed by atoms with Gasteiger partial charge in [-0.2, -0.15) is 0 Å². The van der Waals surface area contributed by atoms with E-state index < -0.39 is 5.54 Å². The second kappa shape index (κ2) is 4.46. The van der Waals surface area contributed by atoms with Crippen LogP contribution in [0.25, 0.3) is 0 Å². The molecule has 0 aliphatic heterocycles. The summed E-state index contributed by atoms with van der Waals surface area (Å²) in [5.41, 5.74) is 0.776. The standard InChI is InChI=1S/C15H13FN2O/c16-12-5-3-4-11(10-12)15(7-8-15)18-14(19)13-6-1-2-9-17-13/h1-6,9-10H,7-8H2,(H,18,19). The lowest BCUT2D eigenvalue weighted by atomic mass is 10.0. The van der Waals surface area contributed by atoms with E-state index in [0.29, 0.717) is 5.69 Å². The highest BCUT2D eigenvalue weighted by molar-refractivity contribution is 5.93. The number of nitrogens with zero attached hydrogens (tertiary/aromatic N) is 1. The number of rotatable bonds is 3. The van der Waals surface area contributed by atoms with Crippen molar-refractivity contribution in [3.05, 3.63) is 65.7 Å². The molecule has 4 heteroatoms. The number of nitrogens with one attached hydrogen (secondary N) is 1. The van der Waals surface area contributed by atoms with Crippen LogP contribution in [-0.2, 0) is 5.54 Å². The Morgan fingerprint density at radius 2 is 2.05 bits per heavy atom. The zero-order valence-electron chi connectivity index (χ0n) is 10.3. The third-order valence-corrected chi connectivity index (χ3v) is 3.38. The Balaban J connectivity index is 1.82. The third kappa shape index (κ3) is 2.34. The Bertz CT molecular complexity index is 609. The predicted octanol–water partition coefficient (Wildman–Crippen LogP) is 2.64. The molecule has 1 amide bonds. The first kappa shape index (κ1) is 11.8. The number of hydrogen-bond donors (Lipinski definition) is 1. The van der Waals surface area contributed by atoms with Crippen molar-refractivity contribution in [3.8, 4) is 0 Å². The average Bonchev–Trinajstić information content (AvgIpc) is 3.21. The molecule has 1 aromatic heterocycles. The van der Waals surface area contributed by atoms with E-state index in [2.05, 4.69) is 10.3 Å². The van der Waals surface area contributed by atoms with Crippen LogP contribution in [0, 0.1) is 5.82 Å². The molecule has 0 spiro atoms. The van der Waals surface area contributed by atoms with Crippen molar-refractivity contribution in [2.75, 3.05) is 0 Å². The van der Waals surface area contributed by atoms with Gasteiger partial charge in [-0.05, 0) is 42.7 Å². The van der Waals surface area contributed by atoms with Gasteiger partial charge in [0.15, 0.2) is 0 Å². The van der Waals surface area contributed by atoms with Crippen LogP contribution in [0.4, 0.5) is 4.39 Å². The van der Waals surface area contributed by atoms with Gasteiger partial charge < -0.3 is 5.32 Å². The lowest BCUT2D eigenvalue weighted by Crippen LogP contribution is -2.35. The third-order valence-electron chi connectivity index (χ3n) is 3.38. The Morgan fingerprint density at radius 1 is 1.21 bits per heavy atom. The number of amides is 1. The molecular formula is C15H13FN2O. The van der Waals surface area contributed by atoms with Crippen LogP contribution < -0.4 is 5.32 Å². The minimum atomic E-state index is -0.420. The van der Waals surface area contributed by atoms with Crippen LogP contribution >= 0.6 is 0 Å². The lowest BCUT2D eigenvalue weighted by molar-refractivity contribution is 0.0925. The summed E-state index contributed by atoms with van der Waals surface area (Å²) < 4.78 is 13.3. The van der Waals surface area contributed by atoms with Gasteiger partial charge in [0.2, 0.25) is 0 Å². The fourth-order valence-electron chi connectivity index (χ4n) is 2.18. The summed E-state index contributed by atoms with van der Waals surface area (Å²) >= 11 is 0. The summed E-state index contributed by atoms with van der Waals surface area (Å²) in [7, 11) is 0. The maximum Gasteiger partial charge on any atom is 0.270 e. The van der Waals surface area contributed by atoms with E-state index in [-0.39, 0.29) is 11.7 Å². The van der Waals surface area contributed by atoms with Crippen LogP contribution in [0.5, 0.6) is 0 Å². The summed E-state index contributed by atoms with van der Waals surface area (Å²) in [6, 6.07) is 11.6. The summed E-state index contributed by atoms with van der Waals surface area (Å²) in [4.78, 5) is 16.1. The number of benzene rings is 1. The Morgan fingerprint density at radius 3 is 2.68 bits per heavy atom. The number of carbonyl (C=O) groups is 1. The number of halogens is 1. The number of pyridine rings is 1. The molecule has 0 atom stereocenters. The van der Waals surface area contributed by atoms with Gasteiger partial charge in [0.1, 0.15) is 11.5 Å². The highest BCUT2D eigenvalue weighted by Crippen LogP contribution is 2.45. The van der Waals surface area contributed by atoms with E-state index in [1.807, 2.05) is 6.07 Å². The molecule has 3 nitrogen and oxygen atoms in total. The topological polar surface area (TPSA) is 42.0 Å². The van der Waals surface area contributed by atoms with Crippen molar-refractivity contribution in [2.45, 2.75) is 18.4 Å². The predicted molar refractivity (Wildman–Crippen MR) is 69.0 cm³/mol. The molecule has 1 heterocycles. The molecule has 1 aliphatic rings. The molecule has 0 unspecified atom stereocenters. The maximum absolute atomic E-state index is 13.3. The van der Waals surface area contributed by atoms with Crippen molar-refractivity contribution < 1.29 is 9.18 Å². The van der Waals surface area contributed by atoms with Gasteiger partial charge in [0, 0.05) is 6.20 Å². The molecule has 3 rings (SSSR count). The highest BCUT2D eigenvalue weighted by atomic mass is 19.1. The number of aromatic nitrogens is 1. The highest BCUT2D eigenvalue weighted by Gasteiger charge is 2.46. The van der Waals surface area contributed by atoms with Crippen LogP contribution in [0.1, 0.15) is 28.9 Å². The summed E-state index contributed by atoms with van der Waals surface area (Å²) in [6.07, 6.45) is 3.24. The quantitative estimate of drug-likeness (QED) is 0.917. The van der Waals surface area contributed by atoms with Gasteiger partial charge >= 0.3 is 0 Å². The molecule has 1 N–H and O–H groups in total. The van der Waals surface area contributed by atoms with E-state index in [1.54, 1.807) is 30.5 Å². The molecule has 1 aliphatic carbocycles. The Kier molecular flexibility index (Phi) is 2.78. The summed E-state index contributed by atoms with van der Waals surface area (Å²) in [5.74, 6) is -0.502. The zero-order chi connectivity index (χ0) is 13.3. The van der Waals surface area contributed by atoms with Crippen LogP contribution in [0.15, 0.2) is 48.7 Å². The van der Waals surface area contributed by atoms with E-state index in [4.69, 9.17) is 0 Å². The van der Waals surface area contributed by atoms with Crippen LogP contribution in [0.3, 0.4) is 0 Å². The fourth-order valence-corrected chi connectivity index (χ4v) is 2.18. The van der Waals surface area contributed by atoms with Gasteiger partial charge in [-0.25, -0.2) is 4.39 Å². The largest absolute Gasteiger partial charge is 0.341 e. The molecule has 1 aromatic carbocycles. The molecule has 0 radical (unpaired) electrons. The van der Waals surface area contributed by atoms with Crippen molar-refractivity contribution >= 4 is 5.91 Å². The fraction of sp³-hybridized carbons (Fsp3) is 0.200. The first-order valence-electron chi connectivity index (χ1n) is 6.19. The zero-order valence-corrected chi connectivity index (χ0v) is 10.3. The second-order valence-electron chi connectivity index (χ2n) is 4.76. The molecule has 96 valence electrons. The molecule has 0 saturated heterocycles. The minimum absolute atomic E-state index is 0.220.